The van der Waals surface area contributed by atoms with E-state index in [2.05, 4.69) is 4.90 Å². The average Bonchev–Trinajstić information content (AvgIpc) is 2.53. The number of carbonyl (C=O) groups excluding carboxylic acids is 1. The monoisotopic (exact) mass is 294 g/mol. The average molecular weight is 294 g/mol. The van der Waals surface area contributed by atoms with Crippen molar-refractivity contribution in [1.82, 2.24) is 4.90 Å². The molecule has 0 aliphatic carbocycles. The number of halogens is 1. The predicted octanol–water partition coefficient (Wildman–Crippen LogP) is 1.11. The first-order chi connectivity index (χ1) is 10.1. The quantitative estimate of drug-likeness (QED) is 0.825. The van der Waals surface area contributed by atoms with Crippen LogP contribution in [0.5, 0.6) is 0 Å². The van der Waals surface area contributed by atoms with Crippen molar-refractivity contribution < 1.29 is 14.3 Å². The second-order valence-electron chi connectivity index (χ2n) is 5.63. The van der Waals surface area contributed by atoms with E-state index in [1.165, 1.54) is 12.1 Å². The van der Waals surface area contributed by atoms with Crippen molar-refractivity contribution in [3.8, 4) is 0 Å². The fourth-order valence-electron chi connectivity index (χ4n) is 2.94. The molecule has 1 aromatic carbocycles. The van der Waals surface area contributed by atoms with Crippen LogP contribution in [0.3, 0.4) is 0 Å². The van der Waals surface area contributed by atoms with Gasteiger partial charge in [-0.2, -0.15) is 0 Å². The summed E-state index contributed by atoms with van der Waals surface area (Å²) < 4.78 is 12.9. The van der Waals surface area contributed by atoms with Gasteiger partial charge in [-0.05, 0) is 43.5 Å². The van der Waals surface area contributed by atoms with Gasteiger partial charge in [-0.15, -0.1) is 0 Å². The van der Waals surface area contributed by atoms with Gasteiger partial charge in [0.1, 0.15) is 12.4 Å². The van der Waals surface area contributed by atoms with E-state index in [1.807, 2.05) is 0 Å². The summed E-state index contributed by atoms with van der Waals surface area (Å²) in [4.78, 5) is 13.9. The molecule has 0 saturated carbocycles. The summed E-state index contributed by atoms with van der Waals surface area (Å²) in [5, 5.41) is 8.97. The highest BCUT2D eigenvalue weighted by molar-refractivity contribution is 5.85. The van der Waals surface area contributed by atoms with Crippen LogP contribution in [0.25, 0.3) is 0 Å². The summed E-state index contributed by atoms with van der Waals surface area (Å²) in [6.07, 6.45) is 3.84. The highest BCUT2D eigenvalue weighted by Gasteiger charge is 2.31. The van der Waals surface area contributed by atoms with Gasteiger partial charge in [0.05, 0.1) is 6.04 Å². The number of rotatable bonds is 6. The van der Waals surface area contributed by atoms with Crippen molar-refractivity contribution in [1.29, 1.82) is 0 Å². The zero-order chi connectivity index (χ0) is 15.2. The number of piperidine rings is 1. The fourth-order valence-corrected chi connectivity index (χ4v) is 2.94. The van der Waals surface area contributed by atoms with Crippen LogP contribution in [0, 0.1) is 5.82 Å². The van der Waals surface area contributed by atoms with E-state index < -0.39 is 12.6 Å². The molecule has 1 aromatic rings. The normalized spacial score (nSPS) is 21.2. The number of aliphatic hydroxyl groups excluding tert-OH is 1. The van der Waals surface area contributed by atoms with Gasteiger partial charge in [0.2, 0.25) is 0 Å². The van der Waals surface area contributed by atoms with Gasteiger partial charge in [-0.1, -0.05) is 18.6 Å². The van der Waals surface area contributed by atoms with Crippen LogP contribution >= 0.6 is 0 Å². The number of ketones is 1. The third-order valence-electron chi connectivity index (χ3n) is 4.21. The molecular formula is C16H23FN2O2. The fraction of sp³-hybridized carbons (Fsp3) is 0.562. The molecule has 2 atom stereocenters. The lowest BCUT2D eigenvalue weighted by Crippen LogP contribution is -2.54. The Kier molecular flexibility index (Phi) is 5.85. The number of nitrogens with zero attached hydrogens (tertiary/aromatic N) is 1. The summed E-state index contributed by atoms with van der Waals surface area (Å²) in [5.74, 6) is -0.529. The largest absolute Gasteiger partial charge is 0.389 e. The Bertz CT molecular complexity index is 464. The lowest BCUT2D eigenvalue weighted by molar-refractivity contribution is -0.124. The van der Waals surface area contributed by atoms with E-state index in [0.717, 1.165) is 44.3 Å². The van der Waals surface area contributed by atoms with E-state index in [1.54, 1.807) is 12.1 Å². The minimum Gasteiger partial charge on any atom is -0.389 e. The van der Waals surface area contributed by atoms with Crippen LogP contribution in [-0.4, -0.2) is 47.6 Å². The molecule has 0 radical (unpaired) electrons. The first-order valence-electron chi connectivity index (χ1n) is 7.49. The summed E-state index contributed by atoms with van der Waals surface area (Å²) in [7, 11) is 0. The zero-order valence-corrected chi connectivity index (χ0v) is 12.2. The number of hydrogen-bond acceptors (Lipinski definition) is 4. The van der Waals surface area contributed by atoms with Gasteiger partial charge in [0.15, 0.2) is 5.78 Å². The Morgan fingerprint density at radius 2 is 2.10 bits per heavy atom. The van der Waals surface area contributed by atoms with Gasteiger partial charge < -0.3 is 10.8 Å². The maximum Gasteiger partial charge on any atom is 0.176 e. The van der Waals surface area contributed by atoms with Crippen molar-refractivity contribution >= 4 is 5.78 Å². The molecule has 1 fully saturated rings. The Morgan fingerprint density at radius 3 is 2.76 bits per heavy atom. The molecule has 5 heteroatoms. The highest BCUT2D eigenvalue weighted by atomic mass is 19.1. The summed E-state index contributed by atoms with van der Waals surface area (Å²) in [6.45, 7) is 1.21. The van der Waals surface area contributed by atoms with E-state index in [0.29, 0.717) is 0 Å². The topological polar surface area (TPSA) is 66.6 Å². The van der Waals surface area contributed by atoms with Gasteiger partial charge >= 0.3 is 0 Å². The lowest BCUT2D eigenvalue weighted by Gasteiger charge is -2.38. The van der Waals surface area contributed by atoms with Gasteiger partial charge in [-0.25, -0.2) is 4.39 Å². The highest BCUT2D eigenvalue weighted by Crippen LogP contribution is 2.20. The van der Waals surface area contributed by atoms with Crippen LogP contribution in [0.2, 0.25) is 0 Å². The maximum atomic E-state index is 12.9. The molecule has 0 aromatic heterocycles. The molecule has 2 unspecified atom stereocenters. The standard InChI is InChI=1S/C16H23FN2O2/c17-13-6-4-12(5-7-13)8-10-19-9-2-1-3-14(19)16(18)15(21)11-20/h4-7,14,16,20H,1-3,8-11,18H2. The molecule has 1 aliphatic heterocycles. The molecule has 21 heavy (non-hydrogen) atoms. The molecule has 2 rings (SSSR count). The van der Waals surface area contributed by atoms with Crippen molar-refractivity contribution in [3.63, 3.8) is 0 Å². The predicted molar refractivity (Wildman–Crippen MR) is 79.4 cm³/mol. The van der Waals surface area contributed by atoms with Crippen molar-refractivity contribution in [3.05, 3.63) is 35.6 Å². The van der Waals surface area contributed by atoms with Gasteiger partial charge in [-0.3, -0.25) is 9.69 Å². The van der Waals surface area contributed by atoms with Crippen LogP contribution in [0.15, 0.2) is 24.3 Å². The van der Waals surface area contributed by atoms with E-state index >= 15 is 0 Å². The molecule has 1 heterocycles. The smallest absolute Gasteiger partial charge is 0.176 e. The van der Waals surface area contributed by atoms with Gasteiger partial charge in [0, 0.05) is 12.6 Å². The second-order valence-corrected chi connectivity index (χ2v) is 5.63. The van der Waals surface area contributed by atoms with Crippen molar-refractivity contribution in [2.45, 2.75) is 37.8 Å². The van der Waals surface area contributed by atoms with Crippen LogP contribution in [-0.2, 0) is 11.2 Å². The molecule has 1 aliphatic rings. The summed E-state index contributed by atoms with van der Waals surface area (Å²) in [5.41, 5.74) is 7.05. The minimum atomic E-state index is -0.622. The van der Waals surface area contributed by atoms with Gasteiger partial charge in [0.25, 0.3) is 0 Å². The SMILES string of the molecule is NC(C(=O)CO)C1CCCCN1CCc1ccc(F)cc1. The Morgan fingerprint density at radius 1 is 1.38 bits per heavy atom. The van der Waals surface area contributed by atoms with Crippen molar-refractivity contribution in [2.75, 3.05) is 19.7 Å². The summed E-state index contributed by atoms with van der Waals surface area (Å²) >= 11 is 0. The first kappa shape index (κ1) is 16.1. The molecule has 4 nitrogen and oxygen atoms in total. The van der Waals surface area contributed by atoms with Crippen molar-refractivity contribution in [2.24, 2.45) is 5.73 Å². The lowest BCUT2D eigenvalue weighted by atomic mass is 9.93. The number of benzene rings is 1. The third-order valence-corrected chi connectivity index (χ3v) is 4.21. The second kappa shape index (κ2) is 7.64. The van der Waals surface area contributed by atoms with E-state index in [-0.39, 0.29) is 17.6 Å². The third kappa shape index (κ3) is 4.33. The Hall–Kier alpha value is -1.30. The molecule has 0 amide bonds. The summed E-state index contributed by atoms with van der Waals surface area (Å²) in [6, 6.07) is 5.87. The number of Topliss-reactive ketones (excluding diaryl/α,β-unsaturated/α-hetero) is 1. The number of aliphatic hydroxyl groups is 1. The molecule has 1 saturated heterocycles. The molecule has 0 bridgehead atoms. The molecular weight excluding hydrogens is 271 g/mol. The Balaban J connectivity index is 1.95. The molecule has 3 N–H and O–H groups in total. The number of likely N-dealkylation sites (tertiary alicyclic amines) is 1. The maximum absolute atomic E-state index is 12.9. The molecule has 0 spiro atoms. The van der Waals surface area contributed by atoms with Crippen LogP contribution in [0.1, 0.15) is 24.8 Å². The zero-order valence-electron chi connectivity index (χ0n) is 12.2. The first-order valence-corrected chi connectivity index (χ1v) is 7.49. The molecule has 116 valence electrons. The number of nitrogens with two attached hydrogens (primary N) is 1. The minimum absolute atomic E-state index is 0.00107. The number of hydrogen-bond donors (Lipinski definition) is 2. The van der Waals surface area contributed by atoms with Crippen LogP contribution in [0.4, 0.5) is 4.39 Å². The Labute approximate surface area is 124 Å². The van der Waals surface area contributed by atoms with Crippen LogP contribution < -0.4 is 5.73 Å². The van der Waals surface area contributed by atoms with E-state index in [9.17, 15) is 9.18 Å². The van der Waals surface area contributed by atoms with E-state index in [4.69, 9.17) is 10.8 Å². The number of carbonyl (C=O) groups is 1.